The van der Waals surface area contributed by atoms with Crippen LogP contribution in [0.2, 0.25) is 0 Å². The second-order valence-corrected chi connectivity index (χ2v) is 9.61. The third-order valence-corrected chi connectivity index (χ3v) is 7.19. The summed E-state index contributed by atoms with van der Waals surface area (Å²) in [5.74, 6) is 1.63. The van der Waals surface area contributed by atoms with Crippen molar-refractivity contribution < 1.29 is 0 Å². The van der Waals surface area contributed by atoms with Gasteiger partial charge in [-0.05, 0) is 39.1 Å². The van der Waals surface area contributed by atoms with Crippen LogP contribution in [0.3, 0.4) is 0 Å². The van der Waals surface area contributed by atoms with Gasteiger partial charge < -0.3 is 10.3 Å². The van der Waals surface area contributed by atoms with Crippen LogP contribution in [0, 0.1) is 0 Å². The van der Waals surface area contributed by atoms with Crippen LogP contribution >= 0.6 is 0 Å². The second-order valence-electron chi connectivity index (χ2n) is 9.61. The van der Waals surface area contributed by atoms with Gasteiger partial charge in [-0.2, -0.15) is 0 Å². The predicted molar refractivity (Wildman–Crippen MR) is 161 cm³/mol. The summed E-state index contributed by atoms with van der Waals surface area (Å²) < 4.78 is 0. The molecule has 0 saturated heterocycles. The van der Waals surface area contributed by atoms with Crippen LogP contribution in [0.4, 0.5) is 0 Å². The first-order chi connectivity index (χ1) is 19.3. The van der Waals surface area contributed by atoms with E-state index in [-0.39, 0.29) is 0 Å². The number of nitrogens with zero attached hydrogens (tertiary/aromatic N) is 2. The third-order valence-electron chi connectivity index (χ3n) is 7.19. The molecule has 0 radical (unpaired) electrons. The number of benzene rings is 5. The molecule has 39 heavy (non-hydrogen) atoms. The molecular weight excluding hydrogens is 476 g/mol. The minimum Gasteiger partial charge on any atom is -0.367 e. The summed E-state index contributed by atoms with van der Waals surface area (Å²) >= 11 is 0. The molecule has 186 valence electrons. The van der Waals surface area contributed by atoms with Crippen molar-refractivity contribution >= 4 is 22.4 Å². The second kappa shape index (κ2) is 9.92. The minimum absolute atomic E-state index is 0.415. The number of aromatic amines is 1. The lowest BCUT2D eigenvalue weighted by atomic mass is 9.91. The highest BCUT2D eigenvalue weighted by Gasteiger charge is 2.24. The Morgan fingerprint density at radius 3 is 1.74 bits per heavy atom. The van der Waals surface area contributed by atoms with E-state index in [9.17, 15) is 0 Å². The standard InChI is InChI=1S/C35H26N4/c1-3-10-27(11-4-1)33-37-34(28-12-5-2-6-13-28)39-35(38-33)32-30-14-8-7-9-25(30)19-20-31(32)26-17-15-24(16-18-26)29-21-22-36-23-29/h1-23,35-36H,(H,37,38,39). The van der Waals surface area contributed by atoms with Gasteiger partial charge in [-0.15, -0.1) is 0 Å². The van der Waals surface area contributed by atoms with Crippen LogP contribution in [-0.2, 0) is 0 Å². The Balaban J connectivity index is 1.43. The summed E-state index contributed by atoms with van der Waals surface area (Å²) in [7, 11) is 0. The van der Waals surface area contributed by atoms with Crippen molar-refractivity contribution in [2.24, 2.45) is 9.98 Å². The highest BCUT2D eigenvalue weighted by molar-refractivity contribution is 6.16. The molecule has 0 amide bonds. The molecule has 1 aliphatic heterocycles. The van der Waals surface area contributed by atoms with Crippen LogP contribution in [0.1, 0.15) is 22.9 Å². The number of H-pyrrole nitrogens is 1. The quantitative estimate of drug-likeness (QED) is 0.247. The van der Waals surface area contributed by atoms with Gasteiger partial charge in [0.25, 0.3) is 0 Å². The Kier molecular flexibility index (Phi) is 5.83. The Hall–Kier alpha value is -5.22. The number of amidine groups is 2. The zero-order valence-corrected chi connectivity index (χ0v) is 21.3. The maximum atomic E-state index is 5.21. The fourth-order valence-electron chi connectivity index (χ4n) is 5.24. The van der Waals surface area contributed by atoms with Gasteiger partial charge in [-0.3, -0.25) is 0 Å². The number of hydrogen-bond acceptors (Lipinski definition) is 3. The molecule has 4 nitrogen and oxygen atoms in total. The Bertz CT molecular complexity index is 1750. The average Bonchev–Trinajstić information content (AvgIpc) is 3.57. The van der Waals surface area contributed by atoms with Crippen LogP contribution in [0.15, 0.2) is 150 Å². The molecule has 0 aliphatic carbocycles. The van der Waals surface area contributed by atoms with Crippen molar-refractivity contribution in [3.8, 4) is 22.3 Å². The lowest BCUT2D eigenvalue weighted by Crippen LogP contribution is -2.36. The van der Waals surface area contributed by atoms with Crippen LogP contribution in [0.5, 0.6) is 0 Å². The van der Waals surface area contributed by atoms with E-state index in [1.807, 2.05) is 48.8 Å². The SMILES string of the molecule is c1ccc(C2=NC(c3c(-c4ccc(-c5cc[nH]c5)cc4)ccc4ccccc34)N=C(c3ccccc3)N2)cc1. The monoisotopic (exact) mass is 502 g/mol. The fraction of sp³-hybridized carbons (Fsp3) is 0.0286. The van der Waals surface area contributed by atoms with Crippen LogP contribution in [0.25, 0.3) is 33.0 Å². The summed E-state index contributed by atoms with van der Waals surface area (Å²) in [4.78, 5) is 13.6. The maximum Gasteiger partial charge on any atom is 0.170 e. The summed E-state index contributed by atoms with van der Waals surface area (Å²) in [6, 6.07) is 44.3. The number of aromatic nitrogens is 1. The molecule has 0 unspecified atom stereocenters. The van der Waals surface area contributed by atoms with Crippen LogP contribution < -0.4 is 5.32 Å². The molecule has 0 bridgehead atoms. The molecule has 2 heterocycles. The highest BCUT2D eigenvalue weighted by atomic mass is 15.2. The third kappa shape index (κ3) is 4.42. The summed E-state index contributed by atoms with van der Waals surface area (Å²) in [6.07, 6.45) is 3.56. The zero-order valence-electron chi connectivity index (χ0n) is 21.3. The average molecular weight is 503 g/mol. The van der Waals surface area contributed by atoms with Gasteiger partial charge in [-0.25, -0.2) is 9.98 Å². The van der Waals surface area contributed by atoms with Crippen molar-refractivity contribution in [1.82, 2.24) is 10.3 Å². The molecular formula is C35H26N4. The zero-order chi connectivity index (χ0) is 26.0. The van der Waals surface area contributed by atoms with E-state index >= 15 is 0 Å². The minimum atomic E-state index is -0.415. The molecule has 5 aromatic carbocycles. The van der Waals surface area contributed by atoms with Crippen molar-refractivity contribution in [2.75, 3.05) is 0 Å². The molecule has 0 spiro atoms. The van der Waals surface area contributed by atoms with Crippen LogP contribution in [-0.4, -0.2) is 16.7 Å². The Morgan fingerprint density at radius 1 is 0.487 bits per heavy atom. The smallest absolute Gasteiger partial charge is 0.170 e. The molecule has 0 atom stereocenters. The van der Waals surface area contributed by atoms with Gasteiger partial charge >= 0.3 is 0 Å². The Morgan fingerprint density at radius 2 is 1.10 bits per heavy atom. The molecule has 0 saturated carbocycles. The molecule has 0 fully saturated rings. The first-order valence-corrected chi connectivity index (χ1v) is 13.1. The van der Waals surface area contributed by atoms with Crippen molar-refractivity contribution in [3.05, 3.63) is 156 Å². The van der Waals surface area contributed by atoms with Gasteiger partial charge in [0, 0.05) is 29.1 Å². The van der Waals surface area contributed by atoms with Gasteiger partial charge in [0.15, 0.2) is 6.17 Å². The molecule has 4 heteroatoms. The van der Waals surface area contributed by atoms with Crippen molar-refractivity contribution in [3.63, 3.8) is 0 Å². The number of aliphatic imine (C=N–C) groups is 2. The number of nitrogens with one attached hydrogen (secondary N) is 2. The predicted octanol–water partition coefficient (Wildman–Crippen LogP) is 8.00. The Labute approximate surface area is 227 Å². The summed E-state index contributed by atoms with van der Waals surface area (Å²) in [5, 5.41) is 5.84. The lowest BCUT2D eigenvalue weighted by molar-refractivity contribution is 0.764. The maximum absolute atomic E-state index is 5.21. The van der Waals surface area contributed by atoms with E-state index < -0.39 is 6.17 Å². The fourth-order valence-corrected chi connectivity index (χ4v) is 5.24. The van der Waals surface area contributed by atoms with E-state index in [0.717, 1.165) is 44.9 Å². The molecule has 1 aromatic heterocycles. The van der Waals surface area contributed by atoms with E-state index in [1.165, 1.54) is 16.5 Å². The largest absolute Gasteiger partial charge is 0.367 e. The van der Waals surface area contributed by atoms with E-state index in [2.05, 4.69) is 101 Å². The van der Waals surface area contributed by atoms with Gasteiger partial charge in [0.2, 0.25) is 0 Å². The highest BCUT2D eigenvalue weighted by Crippen LogP contribution is 2.39. The first-order valence-electron chi connectivity index (χ1n) is 13.1. The molecule has 6 aromatic rings. The topological polar surface area (TPSA) is 52.5 Å². The lowest BCUT2D eigenvalue weighted by Gasteiger charge is -2.25. The molecule has 2 N–H and O–H groups in total. The van der Waals surface area contributed by atoms with Crippen molar-refractivity contribution in [1.29, 1.82) is 0 Å². The normalized spacial score (nSPS) is 13.5. The van der Waals surface area contributed by atoms with Crippen molar-refractivity contribution in [2.45, 2.75) is 6.17 Å². The van der Waals surface area contributed by atoms with E-state index in [4.69, 9.17) is 9.98 Å². The number of fused-ring (bicyclic) bond motifs is 1. The van der Waals surface area contributed by atoms with Gasteiger partial charge in [-0.1, -0.05) is 121 Å². The summed E-state index contributed by atoms with van der Waals surface area (Å²) in [6.45, 7) is 0. The molecule has 7 rings (SSSR count). The van der Waals surface area contributed by atoms with E-state index in [1.54, 1.807) is 0 Å². The first kappa shape index (κ1) is 22.9. The van der Waals surface area contributed by atoms with Gasteiger partial charge in [0.1, 0.15) is 11.7 Å². The van der Waals surface area contributed by atoms with E-state index in [0.29, 0.717) is 0 Å². The number of rotatable bonds is 5. The molecule has 1 aliphatic rings. The summed E-state index contributed by atoms with van der Waals surface area (Å²) in [5.41, 5.74) is 7.79. The number of hydrogen-bond donors (Lipinski definition) is 2. The van der Waals surface area contributed by atoms with Gasteiger partial charge in [0.05, 0.1) is 0 Å².